The zero-order chi connectivity index (χ0) is 20.2. The van der Waals surface area contributed by atoms with Crippen molar-refractivity contribution in [2.45, 2.75) is 37.6 Å². The van der Waals surface area contributed by atoms with E-state index in [9.17, 15) is 4.79 Å². The van der Waals surface area contributed by atoms with Crippen LogP contribution in [0.15, 0.2) is 30.3 Å². The number of carbonyl (C=O) groups is 1. The number of benzene rings is 1. The van der Waals surface area contributed by atoms with Gasteiger partial charge in [-0.05, 0) is 24.8 Å². The van der Waals surface area contributed by atoms with Crippen LogP contribution in [-0.2, 0) is 26.4 Å². The fourth-order valence-electron chi connectivity index (χ4n) is 4.16. The molecule has 2 aliphatic heterocycles. The highest BCUT2D eigenvalue weighted by molar-refractivity contribution is 7.79. The van der Waals surface area contributed by atoms with E-state index in [1.165, 1.54) is 36.8 Å². The molecule has 1 saturated heterocycles. The summed E-state index contributed by atoms with van der Waals surface area (Å²) in [5.41, 5.74) is 3.72. The Morgan fingerprint density at radius 2 is 1.75 bits per heavy atom. The third kappa shape index (κ3) is 5.54. The first-order valence-electron chi connectivity index (χ1n) is 9.40. The van der Waals surface area contributed by atoms with Gasteiger partial charge in [0, 0.05) is 36.0 Å². The van der Waals surface area contributed by atoms with Crippen LogP contribution in [0.1, 0.15) is 36.8 Å². The second-order valence-corrected chi connectivity index (χ2v) is 8.29. The van der Waals surface area contributed by atoms with Gasteiger partial charge in [0.15, 0.2) is 0 Å². The molecule has 2 heterocycles. The number of hydrogen-bond donors (Lipinski definition) is 3. The van der Waals surface area contributed by atoms with Crippen molar-refractivity contribution in [3.63, 3.8) is 0 Å². The Bertz CT molecular complexity index is 832. The van der Waals surface area contributed by atoms with E-state index in [-0.39, 0.29) is 11.4 Å². The monoisotopic (exact) mass is 410 g/mol. The van der Waals surface area contributed by atoms with Gasteiger partial charge in [-0.15, -0.1) is 0 Å². The molecule has 1 aromatic carbocycles. The maximum Gasteiger partial charge on any atom is 0.394 e. The third-order valence-corrected chi connectivity index (χ3v) is 5.39. The molecule has 0 unspecified atom stereocenters. The molecule has 1 saturated carbocycles. The van der Waals surface area contributed by atoms with E-state index in [1.807, 2.05) is 11.0 Å². The summed E-state index contributed by atoms with van der Waals surface area (Å²) < 4.78 is 36.9. The second-order valence-electron chi connectivity index (χ2n) is 7.39. The molecular formula is C19H26N2O6S. The number of fused-ring (bicyclic) bond motifs is 1. The van der Waals surface area contributed by atoms with Crippen molar-refractivity contribution in [2.24, 2.45) is 0 Å². The Morgan fingerprint density at radius 1 is 1.14 bits per heavy atom. The molecule has 0 aromatic heterocycles. The molecule has 2 fully saturated rings. The van der Waals surface area contributed by atoms with E-state index in [4.69, 9.17) is 22.3 Å². The van der Waals surface area contributed by atoms with Crippen LogP contribution in [0.3, 0.4) is 0 Å². The van der Waals surface area contributed by atoms with Crippen LogP contribution in [-0.4, -0.2) is 60.2 Å². The Hall–Kier alpha value is -1.94. The van der Waals surface area contributed by atoms with Gasteiger partial charge in [-0.25, -0.2) is 0 Å². The molecule has 0 radical (unpaired) electrons. The summed E-state index contributed by atoms with van der Waals surface area (Å²) in [5.74, 6) is 0.0978. The van der Waals surface area contributed by atoms with Crippen LogP contribution in [0.4, 0.5) is 0 Å². The molecule has 154 valence electrons. The number of nitrogens with one attached hydrogen (secondary N) is 1. The first-order chi connectivity index (χ1) is 13.3. The lowest BCUT2D eigenvalue weighted by Gasteiger charge is -2.38. The highest BCUT2D eigenvalue weighted by Gasteiger charge is 2.38. The summed E-state index contributed by atoms with van der Waals surface area (Å²) in [5, 5.41) is 3.74. The van der Waals surface area contributed by atoms with Gasteiger partial charge < -0.3 is 15.0 Å². The van der Waals surface area contributed by atoms with Crippen molar-refractivity contribution in [1.29, 1.82) is 0 Å². The number of morpholine rings is 1. The summed E-state index contributed by atoms with van der Waals surface area (Å²) in [6.07, 6.45) is 7.84. The molecule has 1 amide bonds. The normalized spacial score (nSPS) is 22.2. The minimum Gasteiger partial charge on any atom is -0.379 e. The molecule has 0 atom stereocenters. The topological polar surface area (TPSA) is 116 Å². The van der Waals surface area contributed by atoms with Gasteiger partial charge in [0.05, 0.1) is 13.2 Å². The molecule has 3 N–H and O–H groups in total. The van der Waals surface area contributed by atoms with Gasteiger partial charge >= 0.3 is 10.4 Å². The molecule has 4 rings (SSSR count). The maximum absolute atomic E-state index is 12.6. The van der Waals surface area contributed by atoms with E-state index < -0.39 is 10.4 Å². The van der Waals surface area contributed by atoms with Gasteiger partial charge in [0.25, 0.3) is 0 Å². The summed E-state index contributed by atoms with van der Waals surface area (Å²) in [6, 6.07) is 8.50. The summed E-state index contributed by atoms with van der Waals surface area (Å²) in [7, 11) is -4.67. The highest BCUT2D eigenvalue weighted by atomic mass is 32.3. The van der Waals surface area contributed by atoms with E-state index >= 15 is 0 Å². The Balaban J connectivity index is 0.000000403. The largest absolute Gasteiger partial charge is 0.394 e. The summed E-state index contributed by atoms with van der Waals surface area (Å²) >= 11 is 0. The van der Waals surface area contributed by atoms with Crippen molar-refractivity contribution in [2.75, 3.05) is 26.3 Å². The Kier molecular flexibility index (Phi) is 6.39. The number of ether oxygens (including phenoxy) is 1. The first-order valence-corrected chi connectivity index (χ1v) is 10.8. The number of rotatable bonds is 1. The number of hydrogen-bond acceptors (Lipinski definition) is 5. The highest BCUT2D eigenvalue weighted by Crippen LogP contribution is 2.39. The van der Waals surface area contributed by atoms with E-state index in [0.29, 0.717) is 26.3 Å². The van der Waals surface area contributed by atoms with Crippen LogP contribution in [0.2, 0.25) is 0 Å². The molecule has 9 heteroatoms. The van der Waals surface area contributed by atoms with Gasteiger partial charge in [0.1, 0.15) is 0 Å². The van der Waals surface area contributed by atoms with Crippen molar-refractivity contribution in [3.05, 3.63) is 41.5 Å². The van der Waals surface area contributed by atoms with Crippen LogP contribution < -0.4 is 5.32 Å². The lowest BCUT2D eigenvalue weighted by Crippen LogP contribution is -2.47. The molecule has 28 heavy (non-hydrogen) atoms. The van der Waals surface area contributed by atoms with Crippen LogP contribution in [0.25, 0.3) is 5.70 Å². The SMILES string of the molecule is O=C(C=C1NC2(CCCC2)Cc2ccccc21)N1CCOCC1.O=S(=O)(O)O. The van der Waals surface area contributed by atoms with Crippen LogP contribution in [0.5, 0.6) is 0 Å². The lowest BCUT2D eigenvalue weighted by molar-refractivity contribution is -0.129. The zero-order valence-corrected chi connectivity index (χ0v) is 16.5. The average molecular weight is 410 g/mol. The summed E-state index contributed by atoms with van der Waals surface area (Å²) in [6.45, 7) is 2.66. The minimum absolute atomic E-state index is 0.0978. The smallest absolute Gasteiger partial charge is 0.379 e. The predicted molar refractivity (Wildman–Crippen MR) is 104 cm³/mol. The van der Waals surface area contributed by atoms with Gasteiger partial charge in [-0.1, -0.05) is 37.1 Å². The number of amides is 1. The van der Waals surface area contributed by atoms with Gasteiger partial charge in [-0.2, -0.15) is 8.42 Å². The number of carbonyl (C=O) groups excluding carboxylic acids is 1. The standard InChI is InChI=1S/C19H24N2O2.H2O4S/c22-18(21-9-11-23-12-10-21)13-17-16-6-2-1-5-15(16)14-19(20-17)7-3-4-8-19;1-5(2,3)4/h1-2,5-6,13,20H,3-4,7-12,14H2;(H2,1,2,3,4). The zero-order valence-electron chi connectivity index (χ0n) is 15.6. The molecule has 1 aromatic rings. The Morgan fingerprint density at radius 3 is 2.39 bits per heavy atom. The van der Waals surface area contributed by atoms with Gasteiger partial charge in [0.2, 0.25) is 5.91 Å². The van der Waals surface area contributed by atoms with E-state index in [2.05, 4.69) is 29.6 Å². The van der Waals surface area contributed by atoms with E-state index in [1.54, 1.807) is 0 Å². The van der Waals surface area contributed by atoms with Crippen molar-refractivity contribution in [1.82, 2.24) is 10.2 Å². The first kappa shape index (κ1) is 20.8. The van der Waals surface area contributed by atoms with Gasteiger partial charge in [-0.3, -0.25) is 13.9 Å². The summed E-state index contributed by atoms with van der Waals surface area (Å²) in [4.78, 5) is 14.5. The minimum atomic E-state index is -4.67. The fourth-order valence-corrected chi connectivity index (χ4v) is 4.16. The molecule has 8 nitrogen and oxygen atoms in total. The van der Waals surface area contributed by atoms with E-state index in [0.717, 1.165) is 12.1 Å². The lowest BCUT2D eigenvalue weighted by atomic mass is 9.82. The molecule has 0 bridgehead atoms. The Labute approximate surface area is 165 Å². The maximum atomic E-state index is 12.6. The molecule has 1 aliphatic carbocycles. The average Bonchev–Trinajstić information content (AvgIpc) is 3.08. The molecule has 1 spiro atoms. The number of nitrogens with zero attached hydrogens (tertiary/aromatic N) is 1. The molecule has 3 aliphatic rings. The quantitative estimate of drug-likeness (QED) is 0.476. The van der Waals surface area contributed by atoms with Crippen LogP contribution in [0, 0.1) is 0 Å². The van der Waals surface area contributed by atoms with Crippen molar-refractivity contribution >= 4 is 22.0 Å². The second kappa shape index (κ2) is 8.60. The van der Waals surface area contributed by atoms with Crippen LogP contribution >= 0.6 is 0 Å². The van der Waals surface area contributed by atoms with Crippen molar-refractivity contribution < 1.29 is 27.1 Å². The predicted octanol–water partition coefficient (Wildman–Crippen LogP) is 1.69. The fraction of sp³-hybridized carbons (Fsp3) is 0.526. The van der Waals surface area contributed by atoms with Crippen molar-refractivity contribution in [3.8, 4) is 0 Å². The molecular weight excluding hydrogens is 384 g/mol. The third-order valence-electron chi connectivity index (χ3n) is 5.39.